The van der Waals surface area contributed by atoms with Gasteiger partial charge in [-0.05, 0) is 19.1 Å². The van der Waals surface area contributed by atoms with E-state index in [-0.39, 0.29) is 5.56 Å². The molecule has 1 rings (SSSR count). The summed E-state index contributed by atoms with van der Waals surface area (Å²) in [6.45, 7) is 3.19. The van der Waals surface area contributed by atoms with Crippen LogP contribution in [0.5, 0.6) is 0 Å². The Hall–Kier alpha value is -0.440. The maximum Gasteiger partial charge on any atom is 0.130 e. The van der Waals surface area contributed by atoms with E-state index in [1.165, 1.54) is 12.1 Å². The van der Waals surface area contributed by atoms with Gasteiger partial charge in [0.25, 0.3) is 0 Å². The third-order valence-corrected chi connectivity index (χ3v) is 1.56. The Bertz CT molecular complexity index is 235. The predicted molar refractivity (Wildman–Crippen MR) is 38.5 cm³/mol. The SMILES string of the molecule is [CH2]c1c(F)cc(Br)cc1F. The Morgan fingerprint density at radius 2 is 1.60 bits per heavy atom. The first kappa shape index (κ1) is 7.66. The van der Waals surface area contributed by atoms with Gasteiger partial charge in [0.15, 0.2) is 0 Å². The van der Waals surface area contributed by atoms with E-state index in [4.69, 9.17) is 0 Å². The molecule has 1 aromatic rings. The zero-order chi connectivity index (χ0) is 7.72. The third kappa shape index (κ3) is 1.34. The molecule has 0 aliphatic rings. The van der Waals surface area contributed by atoms with E-state index in [9.17, 15) is 8.78 Å². The summed E-state index contributed by atoms with van der Waals surface area (Å²) >= 11 is 2.94. The number of hydrogen-bond donors (Lipinski definition) is 0. The van der Waals surface area contributed by atoms with Crippen LogP contribution in [0.25, 0.3) is 0 Å². The molecule has 0 aliphatic heterocycles. The second-order valence-electron chi connectivity index (χ2n) is 1.85. The lowest BCUT2D eigenvalue weighted by Crippen LogP contribution is -1.87. The number of rotatable bonds is 0. The highest BCUT2D eigenvalue weighted by molar-refractivity contribution is 9.10. The molecular weight excluding hydrogens is 202 g/mol. The summed E-state index contributed by atoms with van der Waals surface area (Å²) in [4.78, 5) is 0. The fourth-order valence-corrected chi connectivity index (χ4v) is 0.974. The molecule has 3 heteroatoms. The smallest absolute Gasteiger partial charge is 0.130 e. The molecule has 0 bridgehead atoms. The highest BCUT2D eigenvalue weighted by Gasteiger charge is 2.03. The number of halogens is 3. The van der Waals surface area contributed by atoms with Crippen LogP contribution in [0.4, 0.5) is 8.78 Å². The number of hydrogen-bond acceptors (Lipinski definition) is 0. The molecule has 0 spiro atoms. The van der Waals surface area contributed by atoms with Gasteiger partial charge in [0.05, 0.1) is 0 Å². The molecule has 0 N–H and O–H groups in total. The lowest BCUT2D eigenvalue weighted by atomic mass is 10.2. The topological polar surface area (TPSA) is 0 Å². The van der Waals surface area contributed by atoms with E-state index in [0.29, 0.717) is 4.47 Å². The van der Waals surface area contributed by atoms with Crippen LogP contribution in [0.1, 0.15) is 5.56 Å². The first-order valence-electron chi connectivity index (χ1n) is 2.58. The quantitative estimate of drug-likeness (QED) is 0.612. The molecule has 53 valence electrons. The molecule has 0 unspecified atom stereocenters. The van der Waals surface area contributed by atoms with Crippen molar-refractivity contribution >= 4 is 15.9 Å². The summed E-state index contributed by atoms with van der Waals surface area (Å²) in [5, 5.41) is 0. The zero-order valence-electron chi connectivity index (χ0n) is 5.00. The first-order valence-corrected chi connectivity index (χ1v) is 3.37. The summed E-state index contributed by atoms with van der Waals surface area (Å²) in [5.74, 6) is -1.27. The van der Waals surface area contributed by atoms with Crippen LogP contribution >= 0.6 is 15.9 Å². The van der Waals surface area contributed by atoms with Crippen molar-refractivity contribution in [2.24, 2.45) is 0 Å². The molecule has 10 heavy (non-hydrogen) atoms. The molecule has 0 aliphatic carbocycles. The lowest BCUT2D eigenvalue weighted by Gasteiger charge is -1.97. The summed E-state index contributed by atoms with van der Waals surface area (Å²) in [5.41, 5.74) is -0.191. The average molecular weight is 206 g/mol. The Balaban J connectivity index is 3.31. The first-order chi connectivity index (χ1) is 4.61. The molecular formula is C7H4BrF2. The lowest BCUT2D eigenvalue weighted by molar-refractivity contribution is 0.573. The Morgan fingerprint density at radius 1 is 1.20 bits per heavy atom. The average Bonchev–Trinajstić information content (AvgIpc) is 1.82. The van der Waals surface area contributed by atoms with Crippen LogP contribution < -0.4 is 0 Å². The largest absolute Gasteiger partial charge is 0.207 e. The van der Waals surface area contributed by atoms with Crippen molar-refractivity contribution in [2.75, 3.05) is 0 Å². The van der Waals surface area contributed by atoms with E-state index < -0.39 is 11.6 Å². The highest BCUT2D eigenvalue weighted by atomic mass is 79.9. The summed E-state index contributed by atoms with van der Waals surface area (Å²) in [6.07, 6.45) is 0. The van der Waals surface area contributed by atoms with Gasteiger partial charge in [0.1, 0.15) is 11.6 Å². The normalized spacial score (nSPS) is 10.0. The predicted octanol–water partition coefficient (Wildman–Crippen LogP) is 2.91. The Kier molecular flexibility index (Phi) is 2.04. The zero-order valence-corrected chi connectivity index (χ0v) is 6.58. The van der Waals surface area contributed by atoms with Crippen molar-refractivity contribution in [2.45, 2.75) is 0 Å². The maximum absolute atomic E-state index is 12.5. The second-order valence-corrected chi connectivity index (χ2v) is 2.76. The summed E-state index contributed by atoms with van der Waals surface area (Å²) < 4.78 is 25.4. The summed E-state index contributed by atoms with van der Waals surface area (Å²) in [6, 6.07) is 2.34. The molecule has 0 aromatic heterocycles. The van der Waals surface area contributed by atoms with Crippen molar-refractivity contribution in [3.8, 4) is 0 Å². The van der Waals surface area contributed by atoms with Crippen LogP contribution in [-0.2, 0) is 0 Å². The van der Waals surface area contributed by atoms with E-state index >= 15 is 0 Å². The van der Waals surface area contributed by atoms with E-state index in [1.54, 1.807) is 0 Å². The fourth-order valence-electron chi connectivity index (χ4n) is 0.572. The van der Waals surface area contributed by atoms with Gasteiger partial charge in [-0.2, -0.15) is 0 Å². The van der Waals surface area contributed by atoms with Gasteiger partial charge in [-0.1, -0.05) is 15.9 Å². The number of benzene rings is 1. The molecule has 0 saturated heterocycles. The molecule has 0 nitrogen and oxygen atoms in total. The van der Waals surface area contributed by atoms with Gasteiger partial charge < -0.3 is 0 Å². The molecule has 1 aromatic carbocycles. The van der Waals surface area contributed by atoms with Crippen LogP contribution in [-0.4, -0.2) is 0 Å². The van der Waals surface area contributed by atoms with Gasteiger partial charge in [-0.3, -0.25) is 0 Å². The second kappa shape index (κ2) is 2.66. The minimum atomic E-state index is -0.633. The molecule has 0 saturated carbocycles. The molecule has 0 amide bonds. The monoisotopic (exact) mass is 205 g/mol. The van der Waals surface area contributed by atoms with Gasteiger partial charge in [0, 0.05) is 10.0 Å². The van der Waals surface area contributed by atoms with Gasteiger partial charge in [0.2, 0.25) is 0 Å². The fraction of sp³-hybridized carbons (Fsp3) is 0. The van der Waals surface area contributed by atoms with Crippen molar-refractivity contribution in [3.05, 3.63) is 40.7 Å². The molecule has 0 atom stereocenters. The maximum atomic E-state index is 12.5. The van der Waals surface area contributed by atoms with Gasteiger partial charge in [-0.25, -0.2) is 8.78 Å². The Labute approximate surface area is 66.0 Å². The van der Waals surface area contributed by atoms with Crippen LogP contribution in [0.15, 0.2) is 16.6 Å². The van der Waals surface area contributed by atoms with Crippen LogP contribution in [0.3, 0.4) is 0 Å². The van der Waals surface area contributed by atoms with E-state index in [1.807, 2.05) is 0 Å². The van der Waals surface area contributed by atoms with Crippen molar-refractivity contribution in [1.82, 2.24) is 0 Å². The molecule has 0 fully saturated rings. The van der Waals surface area contributed by atoms with Crippen LogP contribution in [0, 0.1) is 18.6 Å². The van der Waals surface area contributed by atoms with Crippen molar-refractivity contribution in [3.63, 3.8) is 0 Å². The van der Waals surface area contributed by atoms with Crippen molar-refractivity contribution < 1.29 is 8.78 Å². The standard InChI is InChI=1S/C7H4BrF2/c1-4-6(9)2-5(8)3-7(4)10/h2-3H,1H2. The van der Waals surface area contributed by atoms with E-state index in [2.05, 4.69) is 22.9 Å². The van der Waals surface area contributed by atoms with Crippen molar-refractivity contribution in [1.29, 1.82) is 0 Å². The molecule has 1 radical (unpaired) electrons. The van der Waals surface area contributed by atoms with Gasteiger partial charge >= 0.3 is 0 Å². The third-order valence-electron chi connectivity index (χ3n) is 1.11. The van der Waals surface area contributed by atoms with Gasteiger partial charge in [-0.15, -0.1) is 0 Å². The minimum absolute atomic E-state index is 0.191. The highest BCUT2D eigenvalue weighted by Crippen LogP contribution is 2.17. The summed E-state index contributed by atoms with van der Waals surface area (Å²) in [7, 11) is 0. The van der Waals surface area contributed by atoms with Crippen LogP contribution in [0.2, 0.25) is 0 Å². The minimum Gasteiger partial charge on any atom is -0.207 e. The molecule has 0 heterocycles. The Morgan fingerprint density at radius 3 is 2.00 bits per heavy atom. The van der Waals surface area contributed by atoms with E-state index in [0.717, 1.165) is 0 Å².